The molecule has 0 radical (unpaired) electrons. The number of ether oxygens (including phenoxy) is 4. The van der Waals surface area contributed by atoms with Crippen LogP contribution in [-0.4, -0.2) is 97.6 Å². The summed E-state index contributed by atoms with van der Waals surface area (Å²) < 4.78 is 26.7. The lowest BCUT2D eigenvalue weighted by atomic mass is 9.68. The van der Waals surface area contributed by atoms with Crippen LogP contribution >= 0.6 is 0 Å². The lowest BCUT2D eigenvalue weighted by molar-refractivity contribution is -0.284. The molecular weight excluding hydrogens is 680 g/mol. The molecule has 0 aromatic carbocycles. The highest BCUT2D eigenvalue weighted by Gasteiger charge is 2.54. The highest BCUT2D eigenvalue weighted by molar-refractivity contribution is 6.04. The molecule has 2 aromatic rings. The first-order chi connectivity index (χ1) is 24.9. The van der Waals surface area contributed by atoms with Gasteiger partial charge in [-0.05, 0) is 76.3 Å². The van der Waals surface area contributed by atoms with Crippen molar-refractivity contribution in [2.75, 3.05) is 6.54 Å². The maximum Gasteiger partial charge on any atom is 0.410 e. The molecule has 3 saturated heterocycles. The minimum absolute atomic E-state index is 0.0696. The molecule has 13 nitrogen and oxygen atoms in total. The van der Waals surface area contributed by atoms with E-state index in [1.54, 1.807) is 38.2 Å². The van der Waals surface area contributed by atoms with Crippen molar-refractivity contribution < 1.29 is 43.2 Å². The fourth-order valence-electron chi connectivity index (χ4n) is 8.90. The van der Waals surface area contributed by atoms with Crippen molar-refractivity contribution in [2.45, 2.75) is 151 Å². The first kappa shape index (κ1) is 40.8. The summed E-state index contributed by atoms with van der Waals surface area (Å²) in [7, 11) is 0. The van der Waals surface area contributed by atoms with Crippen molar-refractivity contribution in [3.8, 4) is 0 Å². The average molecular weight is 741 g/mol. The second-order valence-corrected chi connectivity index (χ2v) is 17.0. The molecular formula is C40H60N4O9. The highest BCUT2D eigenvalue weighted by atomic mass is 16.7. The van der Waals surface area contributed by atoms with E-state index in [0.717, 1.165) is 17.6 Å². The minimum atomic E-state index is -1.58. The summed E-state index contributed by atoms with van der Waals surface area (Å²) in [5.41, 5.74) is -0.777. The number of amides is 1. The Balaban J connectivity index is 1.44. The molecule has 3 aliphatic heterocycles. The van der Waals surface area contributed by atoms with Crippen LogP contribution < -0.4 is 0 Å². The molecule has 1 amide bonds. The van der Waals surface area contributed by atoms with E-state index in [1.165, 1.54) is 0 Å². The number of cyclic esters (lactones) is 1. The lowest BCUT2D eigenvalue weighted by Gasteiger charge is -2.45. The Hall–Kier alpha value is -3.42. The predicted molar refractivity (Wildman–Crippen MR) is 196 cm³/mol. The van der Waals surface area contributed by atoms with Gasteiger partial charge >= 0.3 is 12.1 Å². The van der Waals surface area contributed by atoms with E-state index in [1.807, 2.05) is 65.2 Å². The van der Waals surface area contributed by atoms with Crippen molar-refractivity contribution in [3.63, 3.8) is 0 Å². The Morgan fingerprint density at radius 1 is 0.962 bits per heavy atom. The summed E-state index contributed by atoms with van der Waals surface area (Å²) in [6.45, 7) is 19.1. The Bertz CT molecular complexity index is 1640. The number of Topliss-reactive ketones (excluding diaryl/α,β-unsaturated/α-hetero) is 2. The van der Waals surface area contributed by atoms with Gasteiger partial charge in [0.25, 0.3) is 0 Å². The number of hydrogen-bond acceptors (Lipinski definition) is 11. The normalized spacial score (nSPS) is 35.5. The van der Waals surface area contributed by atoms with Crippen molar-refractivity contribution in [1.82, 2.24) is 19.4 Å². The molecule has 0 bridgehead atoms. The number of fused-ring (bicyclic) bond motifs is 2. The number of nitrogens with zero attached hydrogens (tertiary/aromatic N) is 4. The van der Waals surface area contributed by atoms with Gasteiger partial charge in [0.2, 0.25) is 0 Å². The van der Waals surface area contributed by atoms with Gasteiger partial charge in [0.1, 0.15) is 28.9 Å². The van der Waals surface area contributed by atoms with E-state index < -0.39 is 83.2 Å². The fourth-order valence-corrected chi connectivity index (χ4v) is 8.90. The molecule has 5 heterocycles. The standard InChI is InChI=1S/C40H60N4O9/c1-11-28-32-29(44(38(49)52-32)18-13-12-17-43-21-42-27-15-14-16-41-35(27)43)25(5)30(45)23(3)20-39(7,8)34(26(6)33(47)40(9,10)37(48)51-28)53-36-31(46)22(2)19-24(4)50-36/h14-16,21-26,28-29,31-32,34,36,46H,11-13,17-20H2,1-10H3/t22-,23+,24+,25+,26-,28+,29+,31+,32?,34+,36?/m0/s1. The Labute approximate surface area is 313 Å². The molecule has 0 aliphatic carbocycles. The number of aliphatic hydroxyl groups is 1. The van der Waals surface area contributed by atoms with Gasteiger partial charge in [0, 0.05) is 37.0 Å². The summed E-state index contributed by atoms with van der Waals surface area (Å²) >= 11 is 0. The molecule has 294 valence electrons. The summed E-state index contributed by atoms with van der Waals surface area (Å²) in [6, 6.07) is 3.05. The van der Waals surface area contributed by atoms with E-state index in [9.17, 15) is 24.3 Å². The molecule has 5 rings (SSSR count). The number of rotatable bonds is 8. The molecule has 2 unspecified atom stereocenters. The molecule has 2 aromatic heterocycles. The van der Waals surface area contributed by atoms with E-state index in [2.05, 4.69) is 9.97 Å². The van der Waals surface area contributed by atoms with Crippen molar-refractivity contribution in [2.24, 2.45) is 34.5 Å². The van der Waals surface area contributed by atoms with Gasteiger partial charge in [-0.25, -0.2) is 14.8 Å². The highest BCUT2D eigenvalue weighted by Crippen LogP contribution is 2.43. The fraction of sp³-hybridized carbons (Fsp3) is 0.750. The van der Waals surface area contributed by atoms with E-state index in [4.69, 9.17) is 18.9 Å². The number of aliphatic hydroxyl groups excluding tert-OH is 1. The zero-order valence-corrected chi connectivity index (χ0v) is 33.1. The number of carbonyl (C=O) groups excluding carboxylic acids is 4. The van der Waals surface area contributed by atoms with E-state index >= 15 is 0 Å². The van der Waals surface area contributed by atoms with E-state index in [-0.39, 0.29) is 17.8 Å². The van der Waals surface area contributed by atoms with Crippen LogP contribution in [0.15, 0.2) is 24.7 Å². The van der Waals surface area contributed by atoms with Crippen LogP contribution in [0.25, 0.3) is 11.2 Å². The third-order valence-corrected chi connectivity index (χ3v) is 11.9. The first-order valence-electron chi connectivity index (χ1n) is 19.4. The molecule has 0 spiro atoms. The van der Waals surface area contributed by atoms with Gasteiger partial charge in [-0.15, -0.1) is 0 Å². The number of imidazole rings is 1. The third kappa shape index (κ3) is 8.32. The van der Waals surface area contributed by atoms with Crippen LogP contribution in [0.1, 0.15) is 101 Å². The van der Waals surface area contributed by atoms with Gasteiger partial charge in [0.15, 0.2) is 23.8 Å². The SMILES string of the molecule is CC[C@H]1OC(=O)C(C)(C)C(=O)[C@H](C)[C@@H](OC2O[C@H](C)C[C@H](C)[C@H]2O)C(C)(C)C[C@@H](C)C(=O)[C@H](C)[C@@H]2C1OC(=O)N2CCCCn1cnc2cccnc21. The van der Waals surface area contributed by atoms with Crippen molar-refractivity contribution in [1.29, 1.82) is 0 Å². The van der Waals surface area contributed by atoms with Crippen LogP contribution in [0.5, 0.6) is 0 Å². The second-order valence-electron chi connectivity index (χ2n) is 17.0. The average Bonchev–Trinajstić information content (AvgIpc) is 3.67. The summed E-state index contributed by atoms with van der Waals surface area (Å²) in [5.74, 6) is -3.29. The van der Waals surface area contributed by atoms with Crippen molar-refractivity contribution in [3.05, 3.63) is 24.7 Å². The second kappa shape index (κ2) is 16.1. The number of aryl methyl sites for hydroxylation is 1. The van der Waals surface area contributed by atoms with Gasteiger partial charge in [-0.1, -0.05) is 48.5 Å². The maximum absolute atomic E-state index is 14.5. The Kier molecular flexibility index (Phi) is 12.4. The van der Waals surface area contributed by atoms with E-state index in [0.29, 0.717) is 38.8 Å². The Morgan fingerprint density at radius 2 is 1.66 bits per heavy atom. The molecule has 3 aliphatic rings. The molecule has 11 atom stereocenters. The molecule has 1 N–H and O–H groups in total. The van der Waals surface area contributed by atoms with Crippen molar-refractivity contribution >= 4 is 34.8 Å². The number of aromatic nitrogens is 3. The van der Waals surface area contributed by atoms with Gasteiger partial charge in [-0.3, -0.25) is 14.4 Å². The quantitative estimate of drug-likeness (QED) is 0.200. The summed E-state index contributed by atoms with van der Waals surface area (Å²) in [6.07, 6.45) is 0.873. The number of ketones is 2. The van der Waals surface area contributed by atoms with Crippen LogP contribution in [-0.2, 0) is 39.9 Å². The van der Waals surface area contributed by atoms with Crippen LogP contribution in [0.3, 0.4) is 0 Å². The minimum Gasteiger partial charge on any atom is -0.458 e. The molecule has 53 heavy (non-hydrogen) atoms. The maximum atomic E-state index is 14.5. The summed E-state index contributed by atoms with van der Waals surface area (Å²) in [4.78, 5) is 66.9. The van der Waals surface area contributed by atoms with Crippen LogP contribution in [0, 0.1) is 34.5 Å². The van der Waals surface area contributed by atoms with Gasteiger partial charge < -0.3 is 33.5 Å². The van der Waals surface area contributed by atoms with Gasteiger partial charge in [-0.2, -0.15) is 0 Å². The number of unbranched alkanes of at least 4 members (excludes halogenated alkanes) is 1. The zero-order valence-electron chi connectivity index (χ0n) is 33.1. The predicted octanol–water partition coefficient (Wildman–Crippen LogP) is 5.74. The molecule has 0 saturated carbocycles. The lowest BCUT2D eigenvalue weighted by Crippen LogP contribution is -2.55. The summed E-state index contributed by atoms with van der Waals surface area (Å²) in [5, 5.41) is 11.1. The zero-order chi connectivity index (χ0) is 39.0. The number of pyridine rings is 1. The first-order valence-corrected chi connectivity index (χ1v) is 19.4. The van der Waals surface area contributed by atoms with Crippen LogP contribution in [0.2, 0.25) is 0 Å². The largest absolute Gasteiger partial charge is 0.458 e. The number of esters is 1. The third-order valence-electron chi connectivity index (χ3n) is 11.9. The number of carbonyl (C=O) groups is 4. The molecule has 13 heteroatoms. The topological polar surface area (TPSA) is 159 Å². The number of hydrogen-bond donors (Lipinski definition) is 1. The Morgan fingerprint density at radius 3 is 2.36 bits per heavy atom. The molecule has 3 fully saturated rings. The van der Waals surface area contributed by atoms with Crippen LogP contribution in [0.4, 0.5) is 4.79 Å². The van der Waals surface area contributed by atoms with Gasteiger partial charge in [0.05, 0.1) is 24.6 Å². The smallest absolute Gasteiger partial charge is 0.410 e. The monoisotopic (exact) mass is 740 g/mol.